The van der Waals surface area contributed by atoms with Crippen LogP contribution in [0.1, 0.15) is 43.0 Å². The fraction of sp³-hybridized carbons (Fsp3) is 0.391. The van der Waals surface area contributed by atoms with Crippen LogP contribution in [0, 0.1) is 5.92 Å². The number of nitrogens with zero attached hydrogens (tertiary/aromatic N) is 1. The molecule has 30 heavy (non-hydrogen) atoms. The van der Waals surface area contributed by atoms with Gasteiger partial charge < -0.3 is 9.64 Å². The molecule has 2 aromatic rings. The zero-order chi connectivity index (χ0) is 21.3. The lowest BCUT2D eigenvalue weighted by molar-refractivity contribution is -0.163. The van der Waals surface area contributed by atoms with Gasteiger partial charge >= 0.3 is 0 Å². The zero-order valence-electron chi connectivity index (χ0n) is 16.6. The third-order valence-electron chi connectivity index (χ3n) is 5.63. The van der Waals surface area contributed by atoms with E-state index in [1.54, 1.807) is 6.92 Å². The summed E-state index contributed by atoms with van der Waals surface area (Å²) in [6.45, 7) is 1.58. The molecule has 4 nitrogen and oxygen atoms in total. The first-order valence-electron chi connectivity index (χ1n) is 10.0. The van der Waals surface area contributed by atoms with Crippen molar-refractivity contribution < 1.29 is 14.3 Å². The lowest BCUT2D eigenvalue weighted by atomic mass is 9.91. The quantitative estimate of drug-likeness (QED) is 0.551. The molecule has 7 heteroatoms. The minimum absolute atomic E-state index is 0.00915. The Morgan fingerprint density at radius 3 is 2.50 bits per heavy atom. The van der Waals surface area contributed by atoms with E-state index in [-0.39, 0.29) is 35.8 Å². The van der Waals surface area contributed by atoms with Gasteiger partial charge in [-0.2, -0.15) is 0 Å². The van der Waals surface area contributed by atoms with E-state index in [0.717, 1.165) is 24.0 Å². The van der Waals surface area contributed by atoms with Gasteiger partial charge in [0.05, 0.1) is 6.04 Å². The Labute approximate surface area is 190 Å². The molecular weight excluding hydrogens is 441 g/mol. The van der Waals surface area contributed by atoms with Crippen molar-refractivity contribution in [1.82, 2.24) is 4.90 Å². The molecule has 1 saturated carbocycles. The molecule has 0 spiro atoms. The maximum Gasteiger partial charge on any atom is 0.249 e. The summed E-state index contributed by atoms with van der Waals surface area (Å²) in [5.41, 5.74) is 1.88. The van der Waals surface area contributed by atoms with Crippen molar-refractivity contribution in [2.75, 3.05) is 12.4 Å². The molecule has 1 heterocycles. The fourth-order valence-corrected chi connectivity index (χ4v) is 5.27. The zero-order valence-corrected chi connectivity index (χ0v) is 18.9. The van der Waals surface area contributed by atoms with Gasteiger partial charge in [0.1, 0.15) is 12.7 Å². The molecule has 0 bridgehead atoms. The summed E-state index contributed by atoms with van der Waals surface area (Å²) in [6, 6.07) is 14.8. The predicted molar refractivity (Wildman–Crippen MR) is 121 cm³/mol. The number of benzene rings is 2. The highest BCUT2D eigenvalue weighted by atomic mass is 35.5. The lowest BCUT2D eigenvalue weighted by Gasteiger charge is -2.45. The number of carbonyl (C=O) groups is 2. The molecule has 2 aliphatic rings. The van der Waals surface area contributed by atoms with E-state index >= 15 is 0 Å². The highest BCUT2D eigenvalue weighted by Crippen LogP contribution is 2.46. The van der Waals surface area contributed by atoms with Crippen LogP contribution in [0.4, 0.5) is 0 Å². The monoisotopic (exact) mass is 463 g/mol. The Morgan fingerprint density at radius 2 is 1.87 bits per heavy atom. The highest BCUT2D eigenvalue weighted by Gasteiger charge is 2.46. The molecule has 1 amide bonds. The van der Waals surface area contributed by atoms with Crippen molar-refractivity contribution in [3.8, 4) is 0 Å². The largest absolute Gasteiger partial charge is 0.361 e. The third-order valence-corrected chi connectivity index (χ3v) is 7.03. The first kappa shape index (κ1) is 21.7. The van der Waals surface area contributed by atoms with Crippen LogP contribution in [0.15, 0.2) is 48.5 Å². The summed E-state index contributed by atoms with van der Waals surface area (Å²) in [6.07, 6.45) is 1.79. The smallest absolute Gasteiger partial charge is 0.249 e. The number of carbonyl (C=O) groups excluding carboxylic acids is 2. The molecule has 0 aromatic heterocycles. The van der Waals surface area contributed by atoms with Gasteiger partial charge in [-0.1, -0.05) is 59.2 Å². The Hall–Kier alpha value is -1.53. The molecule has 0 radical (unpaired) electrons. The van der Waals surface area contributed by atoms with Gasteiger partial charge in [0.25, 0.3) is 0 Å². The molecule has 3 atom stereocenters. The fourth-order valence-electron chi connectivity index (χ4n) is 4.10. The molecule has 1 saturated heterocycles. The van der Waals surface area contributed by atoms with Crippen molar-refractivity contribution in [2.24, 2.45) is 5.92 Å². The third kappa shape index (κ3) is 4.86. The summed E-state index contributed by atoms with van der Waals surface area (Å²) >= 11 is 13.7. The predicted octanol–water partition coefficient (Wildman–Crippen LogP) is 5.69. The molecule has 2 fully saturated rings. The normalized spacial score (nSPS) is 22.8. The number of thioether (sulfide) groups is 1. The van der Waals surface area contributed by atoms with Crippen LogP contribution in [0.25, 0.3) is 0 Å². The number of rotatable bonds is 6. The maximum atomic E-state index is 13.2. The highest BCUT2D eigenvalue weighted by molar-refractivity contribution is 8.13. The SMILES string of the molecule is CC(=O)SCC(C1CC1)N1C(=O)COC(c2cccc(Cl)c2)C1c1ccc(Cl)cc1. The Bertz CT molecular complexity index is 932. The minimum Gasteiger partial charge on any atom is -0.361 e. The summed E-state index contributed by atoms with van der Waals surface area (Å²) in [5.74, 6) is 0.959. The molecule has 0 N–H and O–H groups in total. The Kier molecular flexibility index (Phi) is 6.73. The standard InChI is InChI=1S/C23H23Cl2NO3S/c1-14(27)30-13-20(15-5-6-15)26-21(28)12-29-23(17-3-2-4-19(25)11-17)22(26)16-7-9-18(24)10-8-16/h2-4,7-11,15,20,22-23H,5-6,12-13H2,1H3. The Balaban J connectivity index is 1.77. The topological polar surface area (TPSA) is 46.6 Å². The van der Waals surface area contributed by atoms with Gasteiger partial charge in [-0.15, -0.1) is 0 Å². The van der Waals surface area contributed by atoms with Gasteiger partial charge in [-0.3, -0.25) is 9.59 Å². The van der Waals surface area contributed by atoms with Crippen molar-refractivity contribution in [3.05, 3.63) is 69.7 Å². The van der Waals surface area contributed by atoms with E-state index in [4.69, 9.17) is 27.9 Å². The van der Waals surface area contributed by atoms with Gasteiger partial charge in [0.15, 0.2) is 5.12 Å². The summed E-state index contributed by atoms with van der Waals surface area (Å²) in [4.78, 5) is 26.8. The first-order valence-corrected chi connectivity index (χ1v) is 11.7. The van der Waals surface area contributed by atoms with Crippen LogP contribution in [0.3, 0.4) is 0 Å². The Morgan fingerprint density at radius 1 is 1.13 bits per heavy atom. The van der Waals surface area contributed by atoms with Crippen molar-refractivity contribution >= 4 is 46.0 Å². The summed E-state index contributed by atoms with van der Waals surface area (Å²) in [5, 5.41) is 1.33. The van der Waals surface area contributed by atoms with Crippen LogP contribution < -0.4 is 0 Å². The number of amides is 1. The van der Waals surface area contributed by atoms with E-state index in [1.165, 1.54) is 11.8 Å². The number of halogens is 2. The van der Waals surface area contributed by atoms with E-state index in [9.17, 15) is 9.59 Å². The molecule has 4 rings (SSSR count). The van der Waals surface area contributed by atoms with Gasteiger partial charge in [-0.05, 0) is 54.2 Å². The average molecular weight is 464 g/mol. The van der Waals surface area contributed by atoms with Crippen LogP contribution >= 0.6 is 35.0 Å². The average Bonchev–Trinajstić information content (AvgIpc) is 3.55. The molecule has 1 aliphatic carbocycles. The second kappa shape index (κ2) is 9.31. The number of ether oxygens (including phenoxy) is 1. The van der Waals surface area contributed by atoms with Gasteiger partial charge in [-0.25, -0.2) is 0 Å². The summed E-state index contributed by atoms with van der Waals surface area (Å²) in [7, 11) is 0. The molecule has 2 aromatic carbocycles. The number of hydrogen-bond donors (Lipinski definition) is 0. The van der Waals surface area contributed by atoms with E-state index in [0.29, 0.717) is 21.7 Å². The number of morpholine rings is 1. The van der Waals surface area contributed by atoms with Crippen LogP contribution in [-0.4, -0.2) is 34.3 Å². The molecular formula is C23H23Cl2NO3S. The molecule has 3 unspecified atom stereocenters. The minimum atomic E-state index is -0.355. The second-order valence-corrected chi connectivity index (χ2v) is 9.86. The van der Waals surface area contributed by atoms with Crippen molar-refractivity contribution in [2.45, 2.75) is 38.0 Å². The molecule has 1 aliphatic heterocycles. The van der Waals surface area contributed by atoms with Gasteiger partial charge in [0.2, 0.25) is 5.91 Å². The summed E-state index contributed by atoms with van der Waals surface area (Å²) < 4.78 is 6.08. The van der Waals surface area contributed by atoms with E-state index < -0.39 is 0 Å². The van der Waals surface area contributed by atoms with Crippen LogP contribution in [0.2, 0.25) is 10.0 Å². The van der Waals surface area contributed by atoms with E-state index in [2.05, 4.69) is 0 Å². The van der Waals surface area contributed by atoms with Crippen molar-refractivity contribution in [1.29, 1.82) is 0 Å². The van der Waals surface area contributed by atoms with Crippen LogP contribution in [-0.2, 0) is 14.3 Å². The number of hydrogen-bond acceptors (Lipinski definition) is 4. The first-order chi connectivity index (χ1) is 14.4. The lowest BCUT2D eigenvalue weighted by Crippen LogP contribution is -2.52. The second-order valence-electron chi connectivity index (χ2n) is 7.79. The van der Waals surface area contributed by atoms with Crippen LogP contribution in [0.5, 0.6) is 0 Å². The van der Waals surface area contributed by atoms with E-state index in [1.807, 2.05) is 53.4 Å². The maximum absolute atomic E-state index is 13.2. The van der Waals surface area contributed by atoms with Gasteiger partial charge in [0, 0.05) is 28.8 Å². The molecule has 158 valence electrons. The van der Waals surface area contributed by atoms with Crippen molar-refractivity contribution in [3.63, 3.8) is 0 Å².